The second-order valence-electron chi connectivity index (χ2n) is 7.87. The molecule has 36 heavy (non-hydrogen) atoms. The van der Waals surface area contributed by atoms with Crippen molar-refractivity contribution in [3.8, 4) is 28.9 Å². The second-order valence-corrected chi connectivity index (χ2v) is 7.87. The highest BCUT2D eigenvalue weighted by Crippen LogP contribution is 2.38. The van der Waals surface area contributed by atoms with Gasteiger partial charge in [0.25, 0.3) is 0 Å². The van der Waals surface area contributed by atoms with E-state index in [-0.39, 0.29) is 22.8 Å². The van der Waals surface area contributed by atoms with Gasteiger partial charge in [-0.25, -0.2) is 19.3 Å². The van der Waals surface area contributed by atoms with Crippen LogP contribution >= 0.6 is 0 Å². The summed E-state index contributed by atoms with van der Waals surface area (Å²) in [6.45, 7) is 2.81. The summed E-state index contributed by atoms with van der Waals surface area (Å²) in [5.74, 6) is 1.38. The maximum atomic E-state index is 13.1. The second kappa shape index (κ2) is 9.31. The standard InChI is InChI=1S/C23H21F3N8O2/c1-12-18(21(35)23(24,25)26)13(2)34(31-12)17-9-16(28-11-29-17)30-22-20(36-4)19(32-33(22)3)15-7-5-14(10-27)6-8-15/h5-9,11,21,35H,1-4H3,(H,28,29,30). The molecule has 4 rings (SSSR count). The monoisotopic (exact) mass is 498 g/mol. The quantitative estimate of drug-likeness (QED) is 0.410. The molecule has 1 aromatic carbocycles. The molecule has 0 saturated carbocycles. The number of nitrogens with zero attached hydrogens (tertiary/aromatic N) is 7. The van der Waals surface area contributed by atoms with Crippen LogP contribution in [-0.4, -0.2) is 47.9 Å². The fraction of sp³-hybridized carbons (Fsp3) is 0.261. The normalized spacial score (nSPS) is 12.3. The van der Waals surface area contributed by atoms with Crippen molar-refractivity contribution < 1.29 is 23.0 Å². The Morgan fingerprint density at radius 2 is 1.83 bits per heavy atom. The van der Waals surface area contributed by atoms with Gasteiger partial charge < -0.3 is 15.2 Å². The van der Waals surface area contributed by atoms with E-state index >= 15 is 0 Å². The van der Waals surface area contributed by atoms with E-state index in [1.165, 1.54) is 38.0 Å². The van der Waals surface area contributed by atoms with Crippen molar-refractivity contribution in [2.24, 2.45) is 7.05 Å². The Morgan fingerprint density at radius 3 is 2.44 bits per heavy atom. The molecule has 10 nitrogen and oxygen atoms in total. The number of anilines is 2. The summed E-state index contributed by atoms with van der Waals surface area (Å²) in [5, 5.41) is 30.6. The number of benzene rings is 1. The summed E-state index contributed by atoms with van der Waals surface area (Å²) < 4.78 is 47.7. The number of aliphatic hydroxyl groups excluding tert-OH is 1. The summed E-state index contributed by atoms with van der Waals surface area (Å²) in [6, 6.07) is 10.4. The number of ether oxygens (including phenoxy) is 1. The molecule has 0 spiro atoms. The molecule has 0 bridgehead atoms. The van der Waals surface area contributed by atoms with E-state index in [4.69, 9.17) is 10.00 Å². The van der Waals surface area contributed by atoms with Crippen LogP contribution in [0.15, 0.2) is 36.7 Å². The summed E-state index contributed by atoms with van der Waals surface area (Å²) in [6.07, 6.45) is -6.26. The van der Waals surface area contributed by atoms with Crippen LogP contribution in [0, 0.1) is 25.2 Å². The molecule has 0 aliphatic carbocycles. The molecule has 3 aromatic heterocycles. The highest BCUT2D eigenvalue weighted by atomic mass is 19.4. The summed E-state index contributed by atoms with van der Waals surface area (Å²) in [7, 11) is 3.19. The number of methoxy groups -OCH3 is 1. The number of nitrogens with one attached hydrogen (secondary N) is 1. The van der Waals surface area contributed by atoms with Crippen molar-refractivity contribution in [2.75, 3.05) is 12.4 Å². The van der Waals surface area contributed by atoms with Crippen LogP contribution in [0.5, 0.6) is 5.75 Å². The van der Waals surface area contributed by atoms with Gasteiger partial charge in [-0.2, -0.15) is 28.6 Å². The molecule has 3 heterocycles. The largest absolute Gasteiger partial charge is 0.491 e. The van der Waals surface area contributed by atoms with E-state index in [2.05, 4.69) is 31.6 Å². The molecular weight excluding hydrogens is 477 g/mol. The highest BCUT2D eigenvalue weighted by Gasteiger charge is 2.42. The van der Waals surface area contributed by atoms with Crippen LogP contribution in [0.4, 0.5) is 24.8 Å². The van der Waals surface area contributed by atoms with Crippen LogP contribution in [-0.2, 0) is 7.05 Å². The summed E-state index contributed by atoms with van der Waals surface area (Å²) in [4.78, 5) is 8.32. The Bertz CT molecular complexity index is 1450. The van der Waals surface area contributed by atoms with Crippen LogP contribution < -0.4 is 10.1 Å². The zero-order valence-electron chi connectivity index (χ0n) is 19.7. The lowest BCUT2D eigenvalue weighted by molar-refractivity contribution is -0.207. The SMILES string of the molecule is COc1c(-c2ccc(C#N)cc2)nn(C)c1Nc1cc(-n2nc(C)c(C(O)C(F)(F)F)c2C)ncn1. The Hall–Kier alpha value is -4.44. The number of hydrogen-bond donors (Lipinski definition) is 2. The maximum Gasteiger partial charge on any atom is 0.418 e. The molecule has 0 radical (unpaired) electrons. The van der Waals surface area contributed by atoms with E-state index < -0.39 is 12.3 Å². The van der Waals surface area contributed by atoms with Gasteiger partial charge in [-0.15, -0.1) is 0 Å². The molecular formula is C23H21F3N8O2. The number of hydrogen-bond acceptors (Lipinski definition) is 8. The highest BCUT2D eigenvalue weighted by molar-refractivity contribution is 5.76. The lowest BCUT2D eigenvalue weighted by atomic mass is 10.1. The molecule has 1 atom stereocenters. The number of rotatable bonds is 6. The molecule has 1 unspecified atom stereocenters. The van der Waals surface area contributed by atoms with E-state index in [1.807, 2.05) is 0 Å². The molecule has 13 heteroatoms. The molecule has 4 aromatic rings. The van der Waals surface area contributed by atoms with Gasteiger partial charge in [-0.05, 0) is 26.0 Å². The minimum Gasteiger partial charge on any atom is -0.491 e. The zero-order valence-corrected chi connectivity index (χ0v) is 19.7. The molecule has 2 N–H and O–H groups in total. The molecule has 0 saturated heterocycles. The molecule has 0 aliphatic rings. The van der Waals surface area contributed by atoms with Crippen LogP contribution in [0.2, 0.25) is 0 Å². The Labute approximate surface area is 203 Å². The van der Waals surface area contributed by atoms with Gasteiger partial charge >= 0.3 is 6.18 Å². The lowest BCUT2D eigenvalue weighted by Crippen LogP contribution is -2.21. The Kier molecular flexibility index (Phi) is 6.38. The lowest BCUT2D eigenvalue weighted by Gasteiger charge is -2.15. The third-order valence-corrected chi connectivity index (χ3v) is 5.54. The molecule has 186 valence electrons. The summed E-state index contributed by atoms with van der Waals surface area (Å²) in [5.41, 5.74) is 1.59. The van der Waals surface area contributed by atoms with Gasteiger partial charge in [-0.3, -0.25) is 0 Å². The van der Waals surface area contributed by atoms with Gasteiger partial charge in [0, 0.05) is 29.9 Å². The first-order chi connectivity index (χ1) is 17.0. The van der Waals surface area contributed by atoms with E-state index in [0.717, 1.165) is 5.56 Å². The van der Waals surface area contributed by atoms with Gasteiger partial charge in [0.15, 0.2) is 23.5 Å². The summed E-state index contributed by atoms with van der Waals surface area (Å²) >= 11 is 0. The van der Waals surface area contributed by atoms with Gasteiger partial charge in [0.2, 0.25) is 0 Å². The molecule has 0 fully saturated rings. The van der Waals surface area contributed by atoms with Gasteiger partial charge in [0.1, 0.15) is 17.8 Å². The van der Waals surface area contributed by atoms with Crippen LogP contribution in [0.1, 0.15) is 28.6 Å². The number of aryl methyl sites for hydroxylation is 2. The minimum atomic E-state index is -4.83. The average molecular weight is 498 g/mol. The van der Waals surface area contributed by atoms with E-state index in [9.17, 15) is 18.3 Å². The van der Waals surface area contributed by atoms with Gasteiger partial charge in [-0.1, -0.05) is 12.1 Å². The van der Waals surface area contributed by atoms with E-state index in [1.54, 1.807) is 36.0 Å². The van der Waals surface area contributed by atoms with Crippen molar-refractivity contribution in [1.82, 2.24) is 29.5 Å². The smallest absolute Gasteiger partial charge is 0.418 e. The molecule has 0 amide bonds. The third kappa shape index (κ3) is 4.46. The zero-order chi connectivity index (χ0) is 26.2. The van der Waals surface area contributed by atoms with Crippen LogP contribution in [0.3, 0.4) is 0 Å². The Balaban J connectivity index is 1.69. The fourth-order valence-electron chi connectivity index (χ4n) is 3.82. The van der Waals surface area contributed by atoms with Crippen molar-refractivity contribution in [1.29, 1.82) is 5.26 Å². The van der Waals surface area contributed by atoms with Gasteiger partial charge in [0.05, 0.1) is 24.4 Å². The van der Waals surface area contributed by atoms with E-state index in [0.29, 0.717) is 28.6 Å². The Morgan fingerprint density at radius 1 is 1.14 bits per heavy atom. The first-order valence-electron chi connectivity index (χ1n) is 10.6. The average Bonchev–Trinajstić information content (AvgIpc) is 3.33. The third-order valence-electron chi connectivity index (χ3n) is 5.54. The predicted octanol–water partition coefficient (Wildman–Crippen LogP) is 3.90. The number of alkyl halides is 3. The van der Waals surface area contributed by atoms with Crippen molar-refractivity contribution in [3.05, 3.63) is 59.2 Å². The molecule has 0 aliphatic heterocycles. The first kappa shape index (κ1) is 24.7. The topological polar surface area (TPSA) is 127 Å². The number of aliphatic hydroxyl groups is 1. The fourth-order valence-corrected chi connectivity index (χ4v) is 3.82. The number of halogens is 3. The van der Waals surface area contributed by atoms with Crippen molar-refractivity contribution in [3.63, 3.8) is 0 Å². The van der Waals surface area contributed by atoms with Crippen molar-refractivity contribution in [2.45, 2.75) is 26.1 Å². The van der Waals surface area contributed by atoms with Crippen LogP contribution in [0.25, 0.3) is 17.1 Å². The number of aromatic nitrogens is 6. The maximum absolute atomic E-state index is 13.1. The predicted molar refractivity (Wildman–Crippen MR) is 123 cm³/mol. The first-order valence-corrected chi connectivity index (χ1v) is 10.6. The number of nitriles is 1. The minimum absolute atomic E-state index is 0.0332. The van der Waals surface area contributed by atoms with Crippen molar-refractivity contribution >= 4 is 11.6 Å².